The monoisotopic (exact) mass is 191 g/mol. The number of hydrogen-bond acceptors (Lipinski definition) is 2. The van der Waals surface area contributed by atoms with Crippen LogP contribution >= 0.6 is 11.6 Å². The summed E-state index contributed by atoms with van der Waals surface area (Å²) in [6, 6.07) is 0. The van der Waals surface area contributed by atoms with Crippen LogP contribution in [0, 0.1) is 0 Å². The number of carbonyl (C=O) groups excluding carboxylic acids is 1. The smallest absolute Gasteiger partial charge is 0.240 e. The Morgan fingerprint density at radius 2 is 2.42 bits per heavy atom. The van der Waals surface area contributed by atoms with Crippen LogP contribution in [0.5, 0.6) is 0 Å². The third kappa shape index (κ3) is 2.35. The fourth-order valence-corrected chi connectivity index (χ4v) is 1.41. The SMILES string of the molecule is CC1CN(C(=O)C(C)Cl)CCO1. The van der Waals surface area contributed by atoms with E-state index in [2.05, 4.69) is 0 Å². The highest BCUT2D eigenvalue weighted by atomic mass is 35.5. The van der Waals surface area contributed by atoms with Gasteiger partial charge in [0.1, 0.15) is 5.38 Å². The van der Waals surface area contributed by atoms with E-state index in [1.54, 1.807) is 11.8 Å². The predicted molar refractivity (Wildman–Crippen MR) is 47.3 cm³/mol. The minimum atomic E-state index is -0.421. The number of hydrogen-bond donors (Lipinski definition) is 0. The first-order chi connectivity index (χ1) is 5.61. The van der Waals surface area contributed by atoms with Crippen LogP contribution < -0.4 is 0 Å². The maximum atomic E-state index is 11.4. The largest absolute Gasteiger partial charge is 0.375 e. The van der Waals surface area contributed by atoms with E-state index in [1.165, 1.54) is 0 Å². The van der Waals surface area contributed by atoms with Crippen LogP contribution in [0.1, 0.15) is 13.8 Å². The van der Waals surface area contributed by atoms with Crippen molar-refractivity contribution in [1.82, 2.24) is 4.90 Å². The molecule has 0 bridgehead atoms. The molecule has 3 nitrogen and oxygen atoms in total. The van der Waals surface area contributed by atoms with Crippen molar-refractivity contribution >= 4 is 17.5 Å². The summed E-state index contributed by atoms with van der Waals surface area (Å²) in [6.07, 6.45) is 0.137. The Balaban J connectivity index is 2.46. The van der Waals surface area contributed by atoms with Crippen molar-refractivity contribution in [3.63, 3.8) is 0 Å². The minimum Gasteiger partial charge on any atom is -0.375 e. The maximum Gasteiger partial charge on any atom is 0.240 e. The molecule has 2 atom stereocenters. The van der Waals surface area contributed by atoms with Gasteiger partial charge in [0.05, 0.1) is 12.7 Å². The molecule has 1 aliphatic rings. The van der Waals surface area contributed by atoms with Gasteiger partial charge in [-0.05, 0) is 13.8 Å². The Morgan fingerprint density at radius 1 is 1.75 bits per heavy atom. The number of halogens is 1. The summed E-state index contributed by atoms with van der Waals surface area (Å²) < 4.78 is 5.30. The second-order valence-electron chi connectivity index (χ2n) is 3.08. The Morgan fingerprint density at radius 3 is 2.92 bits per heavy atom. The average Bonchev–Trinajstić information content (AvgIpc) is 2.03. The van der Waals surface area contributed by atoms with E-state index >= 15 is 0 Å². The molecule has 1 fully saturated rings. The molecule has 1 saturated heterocycles. The van der Waals surface area contributed by atoms with E-state index in [4.69, 9.17) is 16.3 Å². The fraction of sp³-hybridized carbons (Fsp3) is 0.875. The summed E-state index contributed by atoms with van der Waals surface area (Å²) in [5.74, 6) is 0.00631. The van der Waals surface area contributed by atoms with Crippen LogP contribution in [-0.2, 0) is 9.53 Å². The van der Waals surface area contributed by atoms with Crippen LogP contribution in [0.25, 0.3) is 0 Å². The second-order valence-corrected chi connectivity index (χ2v) is 3.74. The van der Waals surface area contributed by atoms with Gasteiger partial charge in [0.2, 0.25) is 5.91 Å². The molecule has 0 radical (unpaired) electrons. The van der Waals surface area contributed by atoms with Gasteiger partial charge in [0.15, 0.2) is 0 Å². The van der Waals surface area contributed by atoms with Crippen LogP contribution in [-0.4, -0.2) is 42.0 Å². The summed E-state index contributed by atoms with van der Waals surface area (Å²) in [6.45, 7) is 5.61. The van der Waals surface area contributed by atoms with E-state index in [-0.39, 0.29) is 12.0 Å². The molecule has 1 aliphatic heterocycles. The molecule has 4 heteroatoms. The molecule has 12 heavy (non-hydrogen) atoms. The molecule has 1 rings (SSSR count). The molecule has 2 unspecified atom stereocenters. The van der Waals surface area contributed by atoms with Crippen molar-refractivity contribution < 1.29 is 9.53 Å². The molecule has 0 aliphatic carbocycles. The molecule has 0 saturated carbocycles. The molecule has 0 N–H and O–H groups in total. The number of amides is 1. The van der Waals surface area contributed by atoms with Gasteiger partial charge in [0, 0.05) is 13.1 Å². The van der Waals surface area contributed by atoms with Crippen LogP contribution in [0.2, 0.25) is 0 Å². The van der Waals surface area contributed by atoms with Crippen molar-refractivity contribution in [2.45, 2.75) is 25.3 Å². The first-order valence-electron chi connectivity index (χ1n) is 4.15. The highest BCUT2D eigenvalue weighted by Gasteiger charge is 2.23. The lowest BCUT2D eigenvalue weighted by Gasteiger charge is -2.31. The number of alkyl halides is 1. The zero-order chi connectivity index (χ0) is 9.14. The Kier molecular flexibility index (Phi) is 3.35. The number of carbonyl (C=O) groups is 1. The van der Waals surface area contributed by atoms with Crippen molar-refractivity contribution in [2.24, 2.45) is 0 Å². The third-order valence-electron chi connectivity index (χ3n) is 1.89. The summed E-state index contributed by atoms with van der Waals surface area (Å²) in [7, 11) is 0. The predicted octanol–water partition coefficient (Wildman–Crippen LogP) is 0.861. The average molecular weight is 192 g/mol. The second kappa shape index (κ2) is 4.10. The molecule has 0 aromatic rings. The summed E-state index contributed by atoms with van der Waals surface area (Å²) in [5, 5.41) is -0.421. The Hall–Kier alpha value is -0.280. The Labute approximate surface area is 77.6 Å². The summed E-state index contributed by atoms with van der Waals surface area (Å²) in [5.41, 5.74) is 0. The lowest BCUT2D eigenvalue weighted by Crippen LogP contribution is -2.46. The van der Waals surface area contributed by atoms with E-state index in [0.717, 1.165) is 0 Å². The molecule has 1 heterocycles. The minimum absolute atomic E-state index is 0.00631. The van der Waals surface area contributed by atoms with E-state index in [9.17, 15) is 4.79 Å². The van der Waals surface area contributed by atoms with Crippen LogP contribution in [0.15, 0.2) is 0 Å². The van der Waals surface area contributed by atoms with Gasteiger partial charge in [-0.2, -0.15) is 0 Å². The molecular formula is C8H14ClNO2. The first kappa shape index (κ1) is 9.81. The zero-order valence-corrected chi connectivity index (χ0v) is 8.17. The summed E-state index contributed by atoms with van der Waals surface area (Å²) in [4.78, 5) is 13.1. The van der Waals surface area contributed by atoms with Gasteiger partial charge >= 0.3 is 0 Å². The van der Waals surface area contributed by atoms with Gasteiger partial charge in [-0.15, -0.1) is 11.6 Å². The lowest BCUT2D eigenvalue weighted by atomic mass is 10.3. The van der Waals surface area contributed by atoms with Crippen LogP contribution in [0.3, 0.4) is 0 Å². The molecule has 70 valence electrons. The van der Waals surface area contributed by atoms with Gasteiger partial charge < -0.3 is 9.64 Å². The van der Waals surface area contributed by atoms with Crippen molar-refractivity contribution in [2.75, 3.05) is 19.7 Å². The van der Waals surface area contributed by atoms with Crippen molar-refractivity contribution in [3.8, 4) is 0 Å². The van der Waals surface area contributed by atoms with Gasteiger partial charge in [-0.3, -0.25) is 4.79 Å². The van der Waals surface area contributed by atoms with E-state index in [0.29, 0.717) is 19.7 Å². The fourth-order valence-electron chi connectivity index (χ4n) is 1.27. The van der Waals surface area contributed by atoms with E-state index < -0.39 is 5.38 Å². The van der Waals surface area contributed by atoms with E-state index in [1.807, 2.05) is 6.92 Å². The lowest BCUT2D eigenvalue weighted by molar-refractivity contribution is -0.137. The standard InChI is InChI=1S/C8H14ClNO2/c1-6-5-10(3-4-12-6)8(11)7(2)9/h6-7H,3-5H2,1-2H3. The van der Waals surface area contributed by atoms with Crippen LogP contribution in [0.4, 0.5) is 0 Å². The highest BCUT2D eigenvalue weighted by Crippen LogP contribution is 2.08. The molecule has 0 aromatic heterocycles. The molecule has 0 spiro atoms. The Bertz CT molecular complexity index is 172. The topological polar surface area (TPSA) is 29.5 Å². The third-order valence-corrected chi connectivity index (χ3v) is 2.08. The zero-order valence-electron chi connectivity index (χ0n) is 7.42. The number of rotatable bonds is 1. The summed E-state index contributed by atoms with van der Waals surface area (Å²) >= 11 is 5.68. The van der Waals surface area contributed by atoms with Gasteiger partial charge in [0.25, 0.3) is 0 Å². The first-order valence-corrected chi connectivity index (χ1v) is 4.59. The number of morpholine rings is 1. The van der Waals surface area contributed by atoms with Crippen molar-refractivity contribution in [3.05, 3.63) is 0 Å². The van der Waals surface area contributed by atoms with Gasteiger partial charge in [-0.25, -0.2) is 0 Å². The van der Waals surface area contributed by atoms with Gasteiger partial charge in [-0.1, -0.05) is 0 Å². The molecular weight excluding hydrogens is 178 g/mol. The molecule has 1 amide bonds. The maximum absolute atomic E-state index is 11.4. The van der Waals surface area contributed by atoms with Crippen molar-refractivity contribution in [1.29, 1.82) is 0 Å². The number of nitrogens with zero attached hydrogens (tertiary/aromatic N) is 1. The normalized spacial score (nSPS) is 26.9. The quantitative estimate of drug-likeness (QED) is 0.576. The molecule has 0 aromatic carbocycles. The number of ether oxygens (including phenoxy) is 1. The highest BCUT2D eigenvalue weighted by molar-refractivity contribution is 6.30.